The van der Waals surface area contributed by atoms with Crippen molar-refractivity contribution in [2.45, 2.75) is 52.9 Å². The number of hydrogen-bond acceptors (Lipinski definition) is 1. The summed E-state index contributed by atoms with van der Waals surface area (Å²) < 4.78 is 13.6. The summed E-state index contributed by atoms with van der Waals surface area (Å²) in [6, 6.07) is 11.7. The van der Waals surface area contributed by atoms with Gasteiger partial charge in [-0.1, -0.05) is 49.6 Å². The van der Waals surface area contributed by atoms with Gasteiger partial charge in [0.05, 0.1) is 5.69 Å². The molecule has 1 nitrogen and oxygen atoms in total. The monoisotopic (exact) mass is 321 g/mol. The fraction of sp³-hybridized carbons (Fsp3) is 0.381. The molecule has 24 heavy (non-hydrogen) atoms. The van der Waals surface area contributed by atoms with Gasteiger partial charge < -0.3 is 0 Å². The minimum atomic E-state index is -0.405. The maximum Gasteiger partial charge on any atom is 0.118 e. The molecule has 2 aromatic carbocycles. The molecule has 0 amide bonds. The second kappa shape index (κ2) is 8.28. The standard InChI is InChI=1S/C21H25BFN/c1-5-17-8-6-7-9-18(17)14(2)10-11-16(4)24-21-13-20(23)19(22)12-15(21)3/h6-9,12-14H,5,10-11H2,1-4H3. The molecule has 0 N–H and O–H groups in total. The third-order valence-electron chi connectivity index (χ3n) is 4.53. The zero-order chi connectivity index (χ0) is 17.7. The van der Waals surface area contributed by atoms with Gasteiger partial charge in [-0.05, 0) is 61.8 Å². The van der Waals surface area contributed by atoms with Crippen LogP contribution in [0.15, 0.2) is 41.4 Å². The molecule has 0 spiro atoms. The number of aliphatic imine (C=N–C) groups is 1. The number of halogens is 1. The highest BCUT2D eigenvalue weighted by atomic mass is 19.1. The van der Waals surface area contributed by atoms with Gasteiger partial charge in [-0.15, -0.1) is 0 Å². The van der Waals surface area contributed by atoms with Gasteiger partial charge in [0, 0.05) is 5.71 Å². The molecule has 2 rings (SSSR count). The van der Waals surface area contributed by atoms with Gasteiger partial charge in [0.15, 0.2) is 0 Å². The third-order valence-corrected chi connectivity index (χ3v) is 4.53. The fourth-order valence-corrected chi connectivity index (χ4v) is 2.99. The molecule has 1 atom stereocenters. The summed E-state index contributed by atoms with van der Waals surface area (Å²) in [6.07, 6.45) is 2.98. The third kappa shape index (κ3) is 4.56. The molecule has 3 heteroatoms. The number of rotatable bonds is 6. The first-order valence-electron chi connectivity index (χ1n) is 8.60. The Labute approximate surface area is 146 Å². The lowest BCUT2D eigenvalue weighted by molar-refractivity contribution is 0.636. The van der Waals surface area contributed by atoms with E-state index < -0.39 is 5.82 Å². The predicted molar refractivity (Wildman–Crippen MR) is 103 cm³/mol. The van der Waals surface area contributed by atoms with Crippen LogP contribution in [0.5, 0.6) is 0 Å². The topological polar surface area (TPSA) is 12.4 Å². The first-order chi connectivity index (χ1) is 11.4. The van der Waals surface area contributed by atoms with Gasteiger partial charge in [-0.3, -0.25) is 4.99 Å². The minimum absolute atomic E-state index is 0.175. The average molecular weight is 321 g/mol. The second-order valence-electron chi connectivity index (χ2n) is 6.50. The van der Waals surface area contributed by atoms with E-state index >= 15 is 0 Å². The molecule has 1 unspecified atom stereocenters. The summed E-state index contributed by atoms with van der Waals surface area (Å²) in [5.41, 5.74) is 5.59. The minimum Gasteiger partial charge on any atom is -0.258 e. The van der Waals surface area contributed by atoms with Crippen molar-refractivity contribution in [1.29, 1.82) is 0 Å². The van der Waals surface area contributed by atoms with Crippen molar-refractivity contribution in [3.63, 3.8) is 0 Å². The van der Waals surface area contributed by atoms with Crippen LogP contribution in [0, 0.1) is 12.7 Å². The fourth-order valence-electron chi connectivity index (χ4n) is 2.99. The molecule has 0 saturated carbocycles. The number of nitrogens with zero attached hydrogens (tertiary/aromatic N) is 1. The Morgan fingerprint density at radius 2 is 1.96 bits per heavy atom. The summed E-state index contributed by atoms with van der Waals surface area (Å²) in [4.78, 5) is 4.59. The van der Waals surface area contributed by atoms with Crippen LogP contribution in [0.1, 0.15) is 56.2 Å². The van der Waals surface area contributed by atoms with Crippen LogP contribution >= 0.6 is 0 Å². The van der Waals surface area contributed by atoms with Crippen molar-refractivity contribution >= 4 is 24.7 Å². The van der Waals surface area contributed by atoms with Gasteiger partial charge >= 0.3 is 0 Å². The van der Waals surface area contributed by atoms with Crippen molar-refractivity contribution < 1.29 is 4.39 Å². The summed E-state index contributed by atoms with van der Waals surface area (Å²) in [6.45, 7) is 8.36. The van der Waals surface area contributed by atoms with E-state index in [0.29, 0.717) is 11.6 Å². The van der Waals surface area contributed by atoms with Crippen LogP contribution < -0.4 is 5.46 Å². The lowest BCUT2D eigenvalue weighted by Gasteiger charge is -2.16. The Kier molecular flexibility index (Phi) is 6.36. The molecule has 0 saturated heterocycles. The molecular weight excluding hydrogens is 296 g/mol. The van der Waals surface area contributed by atoms with E-state index in [0.717, 1.165) is 30.5 Å². The van der Waals surface area contributed by atoms with Crippen molar-refractivity contribution in [2.75, 3.05) is 0 Å². The summed E-state index contributed by atoms with van der Waals surface area (Å²) in [5, 5.41) is 0. The smallest absolute Gasteiger partial charge is 0.118 e. The number of aryl methyl sites for hydroxylation is 2. The normalized spacial score (nSPS) is 13.1. The van der Waals surface area contributed by atoms with Crippen molar-refractivity contribution in [2.24, 2.45) is 4.99 Å². The largest absolute Gasteiger partial charge is 0.258 e. The van der Waals surface area contributed by atoms with Crippen LogP contribution in [0.25, 0.3) is 0 Å². The highest BCUT2D eigenvalue weighted by Gasteiger charge is 2.10. The van der Waals surface area contributed by atoms with E-state index in [1.165, 1.54) is 17.2 Å². The zero-order valence-electron chi connectivity index (χ0n) is 15.1. The van der Waals surface area contributed by atoms with E-state index in [-0.39, 0.29) is 5.46 Å². The Morgan fingerprint density at radius 3 is 2.67 bits per heavy atom. The molecule has 124 valence electrons. The van der Waals surface area contributed by atoms with Crippen molar-refractivity contribution in [1.82, 2.24) is 0 Å². The molecule has 0 aliphatic heterocycles. The summed E-state index contributed by atoms with van der Waals surface area (Å²) >= 11 is 0. The van der Waals surface area contributed by atoms with E-state index in [9.17, 15) is 4.39 Å². The number of benzene rings is 2. The van der Waals surface area contributed by atoms with E-state index in [4.69, 9.17) is 7.85 Å². The highest BCUT2D eigenvalue weighted by Crippen LogP contribution is 2.26. The van der Waals surface area contributed by atoms with E-state index in [1.807, 2.05) is 13.8 Å². The summed E-state index contributed by atoms with van der Waals surface area (Å²) in [5.74, 6) is 0.0768. The quantitative estimate of drug-likeness (QED) is 0.514. The first kappa shape index (κ1) is 18.4. The molecule has 0 heterocycles. The Bertz CT molecular complexity index is 737. The van der Waals surface area contributed by atoms with Crippen LogP contribution in [-0.2, 0) is 6.42 Å². The lowest BCUT2D eigenvalue weighted by Crippen LogP contribution is -2.08. The van der Waals surface area contributed by atoms with E-state index in [1.54, 1.807) is 6.07 Å². The molecule has 2 aromatic rings. The van der Waals surface area contributed by atoms with Crippen LogP contribution in [0.2, 0.25) is 0 Å². The highest BCUT2D eigenvalue weighted by molar-refractivity contribution is 6.32. The second-order valence-corrected chi connectivity index (χ2v) is 6.50. The molecule has 0 aliphatic carbocycles. The van der Waals surface area contributed by atoms with Crippen molar-refractivity contribution in [3.05, 3.63) is 58.9 Å². The maximum absolute atomic E-state index is 13.6. The molecular formula is C21H25BFN. The van der Waals surface area contributed by atoms with Crippen LogP contribution in [-0.4, -0.2) is 13.6 Å². The van der Waals surface area contributed by atoms with Gasteiger partial charge in [-0.25, -0.2) is 4.39 Å². The van der Waals surface area contributed by atoms with E-state index in [2.05, 4.69) is 43.1 Å². The van der Waals surface area contributed by atoms with Crippen LogP contribution in [0.3, 0.4) is 0 Å². The van der Waals surface area contributed by atoms with Crippen molar-refractivity contribution in [3.8, 4) is 0 Å². The Balaban J connectivity index is 2.07. The maximum atomic E-state index is 13.6. The van der Waals surface area contributed by atoms with Gasteiger partial charge in [0.2, 0.25) is 0 Å². The molecule has 0 bridgehead atoms. The first-order valence-corrected chi connectivity index (χ1v) is 8.60. The van der Waals surface area contributed by atoms with Gasteiger partial charge in [0.25, 0.3) is 0 Å². The molecule has 2 radical (unpaired) electrons. The lowest BCUT2D eigenvalue weighted by atomic mass is 9.90. The SMILES string of the molecule is [B]c1cc(C)c(N=C(C)CCC(C)c2ccccc2CC)cc1F. The van der Waals surface area contributed by atoms with Crippen LogP contribution in [0.4, 0.5) is 10.1 Å². The zero-order valence-corrected chi connectivity index (χ0v) is 15.1. The van der Waals surface area contributed by atoms with Gasteiger partial charge in [-0.2, -0.15) is 0 Å². The van der Waals surface area contributed by atoms with Gasteiger partial charge in [0.1, 0.15) is 13.7 Å². The Hall–Kier alpha value is -1.90. The average Bonchev–Trinajstić information content (AvgIpc) is 2.57. The molecule has 0 aliphatic rings. The molecule has 0 aromatic heterocycles. The predicted octanol–water partition coefficient (Wildman–Crippen LogP) is 5.17. The summed E-state index contributed by atoms with van der Waals surface area (Å²) in [7, 11) is 5.59. The number of hydrogen-bond donors (Lipinski definition) is 0. The molecule has 0 fully saturated rings. The Morgan fingerprint density at radius 1 is 1.25 bits per heavy atom.